The summed E-state index contributed by atoms with van der Waals surface area (Å²) >= 11 is 0. The minimum atomic E-state index is -1.16. The molecular formula is C36H51F2N3O3. The molecular weight excluding hydrogens is 560 g/mol. The molecule has 1 aliphatic heterocycles. The molecule has 0 aromatic heterocycles. The molecule has 1 unspecified atom stereocenters. The Bertz CT molecular complexity index is 1250. The Balaban J connectivity index is 0.000000442. The van der Waals surface area contributed by atoms with Crippen molar-refractivity contribution in [3.05, 3.63) is 94.1 Å². The number of alkyl halides is 1. The van der Waals surface area contributed by atoms with Crippen molar-refractivity contribution in [1.82, 2.24) is 15.5 Å². The summed E-state index contributed by atoms with van der Waals surface area (Å²) in [6.45, 7) is 8.70. The van der Waals surface area contributed by atoms with E-state index in [1.165, 1.54) is 54.6 Å². The smallest absolute Gasteiger partial charge is 0.222 e. The molecule has 8 heteroatoms. The summed E-state index contributed by atoms with van der Waals surface area (Å²) in [4.78, 5) is 26.4. The quantitative estimate of drug-likeness (QED) is 0.307. The highest BCUT2D eigenvalue weighted by atomic mass is 19.1. The summed E-state index contributed by atoms with van der Waals surface area (Å²) in [5, 5.41) is 6.02. The zero-order valence-corrected chi connectivity index (χ0v) is 26.5. The molecule has 6 nitrogen and oxygen atoms in total. The van der Waals surface area contributed by atoms with Crippen LogP contribution in [0.15, 0.2) is 71.8 Å². The number of allylic oxidation sites excluding steroid dienone is 4. The third-order valence-electron chi connectivity index (χ3n) is 8.56. The number of likely N-dealkylation sites (tertiary alicyclic amines) is 1. The maximum absolute atomic E-state index is 13.3. The lowest BCUT2D eigenvalue weighted by Gasteiger charge is -2.29. The number of nitrogens with one attached hydrogen (secondary N) is 2. The topological polar surface area (TPSA) is 92.9 Å². The summed E-state index contributed by atoms with van der Waals surface area (Å²) in [5.41, 5.74) is 5.90. The van der Waals surface area contributed by atoms with Crippen LogP contribution in [-0.2, 0) is 22.6 Å². The van der Waals surface area contributed by atoms with Crippen LogP contribution in [0.5, 0.6) is 0 Å². The van der Waals surface area contributed by atoms with E-state index in [4.69, 9.17) is 0 Å². The van der Waals surface area contributed by atoms with Gasteiger partial charge in [0, 0.05) is 6.54 Å². The van der Waals surface area contributed by atoms with E-state index in [2.05, 4.69) is 40.7 Å². The van der Waals surface area contributed by atoms with E-state index in [-0.39, 0.29) is 34.6 Å². The van der Waals surface area contributed by atoms with Crippen molar-refractivity contribution in [3.8, 4) is 0 Å². The predicted octanol–water partition coefficient (Wildman–Crippen LogP) is 6.77. The molecule has 4 N–H and O–H groups in total. The van der Waals surface area contributed by atoms with Crippen molar-refractivity contribution in [3.63, 3.8) is 0 Å². The van der Waals surface area contributed by atoms with E-state index < -0.39 is 5.67 Å². The molecule has 5 rings (SSSR count). The second-order valence-electron chi connectivity index (χ2n) is 12.5. The van der Waals surface area contributed by atoms with Crippen LogP contribution in [0.4, 0.5) is 9.09 Å². The maximum Gasteiger partial charge on any atom is 0.222 e. The van der Waals surface area contributed by atoms with E-state index in [1.807, 2.05) is 42.5 Å². The van der Waals surface area contributed by atoms with Crippen LogP contribution < -0.4 is 10.6 Å². The number of amides is 2. The first-order valence-electron chi connectivity index (χ1n) is 15.7. The minimum absolute atomic E-state index is 0. The van der Waals surface area contributed by atoms with Gasteiger partial charge in [-0.05, 0) is 107 Å². The van der Waals surface area contributed by atoms with E-state index in [9.17, 15) is 14.0 Å². The maximum atomic E-state index is 13.3. The van der Waals surface area contributed by atoms with Gasteiger partial charge in [-0.25, -0.2) is 4.39 Å². The number of carbonyl (C=O) groups is 2. The van der Waals surface area contributed by atoms with Gasteiger partial charge >= 0.3 is 0 Å². The number of fused-ring (bicyclic) bond motifs is 1. The van der Waals surface area contributed by atoms with Gasteiger partial charge in [0.2, 0.25) is 12.3 Å². The highest BCUT2D eigenvalue weighted by Crippen LogP contribution is 2.32. The van der Waals surface area contributed by atoms with Gasteiger partial charge in [0.15, 0.2) is 0 Å². The number of carbonyl (C=O) groups excluding carboxylic acids is 2. The number of nitrogens with zero attached hydrogens (tertiary/aromatic N) is 1. The summed E-state index contributed by atoms with van der Waals surface area (Å²) in [5.74, 6) is -0.0292. The van der Waals surface area contributed by atoms with Crippen LogP contribution in [0.25, 0.3) is 0 Å². The van der Waals surface area contributed by atoms with Gasteiger partial charge in [-0.1, -0.05) is 72.7 Å². The Morgan fingerprint density at radius 1 is 1.07 bits per heavy atom. The number of halogens is 2. The Hall–Kier alpha value is -3.36. The molecule has 2 amide bonds. The van der Waals surface area contributed by atoms with Crippen molar-refractivity contribution in [2.75, 3.05) is 13.1 Å². The van der Waals surface area contributed by atoms with E-state index in [0.717, 1.165) is 49.8 Å². The monoisotopic (exact) mass is 611 g/mol. The predicted molar refractivity (Wildman–Crippen MR) is 175 cm³/mol. The second kappa shape index (κ2) is 17.8. The number of hydrogen-bond donors (Lipinski definition) is 2. The van der Waals surface area contributed by atoms with Crippen molar-refractivity contribution in [2.45, 2.75) is 103 Å². The lowest BCUT2D eigenvalue weighted by atomic mass is 9.86. The molecule has 2 atom stereocenters. The molecule has 242 valence electrons. The van der Waals surface area contributed by atoms with Crippen LogP contribution >= 0.6 is 0 Å². The molecule has 1 heterocycles. The first-order valence-corrected chi connectivity index (χ1v) is 15.7. The minimum Gasteiger partial charge on any atom is -0.412 e. The molecule has 0 bridgehead atoms. The average Bonchev–Trinajstić information content (AvgIpc) is 2.98. The molecule has 0 saturated carbocycles. The van der Waals surface area contributed by atoms with Crippen molar-refractivity contribution in [2.24, 2.45) is 0 Å². The third kappa shape index (κ3) is 11.0. The summed E-state index contributed by atoms with van der Waals surface area (Å²) in [6, 6.07) is 16.2. The second-order valence-corrected chi connectivity index (χ2v) is 12.5. The third-order valence-corrected chi connectivity index (χ3v) is 8.56. The normalized spacial score (nSPS) is 18.8. The SMILES string of the molecule is CC1=CC(C(C)(C)F)=CCC1.F.O.O=CN[C@H](CC(=O)NC1CCCc2cc(CN3CCCCC3)ccc21)c1ccccc1. The highest BCUT2D eigenvalue weighted by molar-refractivity contribution is 5.78. The van der Waals surface area contributed by atoms with Gasteiger partial charge in [0.05, 0.1) is 18.5 Å². The Morgan fingerprint density at radius 3 is 2.43 bits per heavy atom. The molecule has 1 fully saturated rings. The first kappa shape index (κ1) is 36.8. The fourth-order valence-electron chi connectivity index (χ4n) is 6.24. The Kier molecular flexibility index (Phi) is 14.9. The zero-order valence-electron chi connectivity index (χ0n) is 26.5. The summed E-state index contributed by atoms with van der Waals surface area (Å²) in [6.07, 6.45) is 14.0. The molecule has 0 spiro atoms. The number of rotatable bonds is 9. The molecule has 44 heavy (non-hydrogen) atoms. The molecule has 2 aromatic carbocycles. The molecule has 0 radical (unpaired) electrons. The van der Waals surface area contributed by atoms with Gasteiger partial charge in [-0.3, -0.25) is 19.2 Å². The largest absolute Gasteiger partial charge is 0.412 e. The van der Waals surface area contributed by atoms with Crippen LogP contribution in [0, 0.1) is 0 Å². The molecule has 1 saturated heterocycles. The highest BCUT2D eigenvalue weighted by Gasteiger charge is 2.24. The van der Waals surface area contributed by atoms with Crippen LogP contribution in [-0.4, -0.2) is 41.5 Å². The van der Waals surface area contributed by atoms with Gasteiger partial charge < -0.3 is 16.1 Å². The lowest BCUT2D eigenvalue weighted by Crippen LogP contribution is -2.34. The average molecular weight is 612 g/mol. The van der Waals surface area contributed by atoms with Crippen molar-refractivity contribution in [1.29, 1.82) is 0 Å². The summed E-state index contributed by atoms with van der Waals surface area (Å²) in [7, 11) is 0. The zero-order chi connectivity index (χ0) is 30.0. The van der Waals surface area contributed by atoms with Crippen LogP contribution in [0.3, 0.4) is 0 Å². The lowest BCUT2D eigenvalue weighted by molar-refractivity contribution is -0.122. The molecule has 2 aliphatic carbocycles. The Morgan fingerprint density at radius 2 is 1.80 bits per heavy atom. The number of hydrogen-bond acceptors (Lipinski definition) is 3. The number of piperidine rings is 1. The fourth-order valence-corrected chi connectivity index (χ4v) is 6.24. The van der Waals surface area contributed by atoms with E-state index in [0.29, 0.717) is 6.41 Å². The van der Waals surface area contributed by atoms with Gasteiger partial charge in [0.1, 0.15) is 5.67 Å². The number of benzene rings is 2. The Labute approximate surface area is 261 Å². The van der Waals surface area contributed by atoms with Crippen LogP contribution in [0.1, 0.15) is 106 Å². The summed E-state index contributed by atoms with van der Waals surface area (Å²) < 4.78 is 13.3. The van der Waals surface area contributed by atoms with E-state index in [1.54, 1.807) is 13.8 Å². The van der Waals surface area contributed by atoms with Crippen molar-refractivity contribution >= 4 is 12.3 Å². The van der Waals surface area contributed by atoms with Gasteiger partial charge in [0.25, 0.3) is 0 Å². The van der Waals surface area contributed by atoms with E-state index >= 15 is 0 Å². The van der Waals surface area contributed by atoms with Gasteiger partial charge in [-0.15, -0.1) is 0 Å². The molecule has 2 aromatic rings. The van der Waals surface area contributed by atoms with Crippen molar-refractivity contribution < 1.29 is 24.2 Å². The fraction of sp³-hybridized carbons (Fsp3) is 0.500. The number of aryl methyl sites for hydroxylation is 1. The molecule has 3 aliphatic rings. The first-order chi connectivity index (χ1) is 20.2. The van der Waals surface area contributed by atoms with Crippen LogP contribution in [0.2, 0.25) is 0 Å². The standard InChI is InChI=1S/C26H33N3O2.C10H15F.FH.H2O/c30-19-27-25(21-8-3-1-4-9-21)17-26(31)28-24-11-7-10-22-16-20(12-13-23(22)24)18-29-14-5-2-6-15-29;1-8-5-4-6-9(7-8)10(2,3)11;;/h1,3-4,8-9,12-13,16,19,24-25H,2,5-7,10-11,14-15,17-18H2,(H,27,30)(H,28,31);6-7H,4-5H2,1-3H3;1H;1H2/t24?,25-;;;/m1.../s1. The van der Waals surface area contributed by atoms with Gasteiger partial charge in [-0.2, -0.15) is 0 Å².